The van der Waals surface area contributed by atoms with Gasteiger partial charge in [0, 0.05) is 24.2 Å². The first-order valence-electron chi connectivity index (χ1n) is 5.95. The van der Waals surface area contributed by atoms with Crippen LogP contribution in [0.25, 0.3) is 0 Å². The standard InChI is InChI=1S/C14H12ClFN2O2/c15-12-4-2-1-3-11(12)9-17-8-10-5-6-14(18(19)20)13(16)7-10/h1-7,17H,8-9H2. The average Bonchev–Trinajstić information content (AvgIpc) is 2.40. The molecule has 0 aromatic heterocycles. The number of benzene rings is 2. The van der Waals surface area contributed by atoms with E-state index in [1.54, 1.807) is 6.07 Å². The van der Waals surface area contributed by atoms with Gasteiger partial charge in [-0.2, -0.15) is 4.39 Å². The van der Waals surface area contributed by atoms with Crippen molar-refractivity contribution in [3.05, 3.63) is 74.5 Å². The van der Waals surface area contributed by atoms with Gasteiger partial charge in [-0.15, -0.1) is 0 Å². The molecule has 0 saturated carbocycles. The van der Waals surface area contributed by atoms with Gasteiger partial charge in [0.05, 0.1) is 4.92 Å². The van der Waals surface area contributed by atoms with Gasteiger partial charge in [0.2, 0.25) is 5.82 Å². The van der Waals surface area contributed by atoms with E-state index in [9.17, 15) is 14.5 Å². The van der Waals surface area contributed by atoms with Gasteiger partial charge < -0.3 is 5.32 Å². The van der Waals surface area contributed by atoms with Crippen molar-refractivity contribution >= 4 is 17.3 Å². The highest BCUT2D eigenvalue weighted by molar-refractivity contribution is 6.31. The van der Waals surface area contributed by atoms with Gasteiger partial charge in [-0.05, 0) is 23.3 Å². The van der Waals surface area contributed by atoms with E-state index < -0.39 is 16.4 Å². The minimum atomic E-state index is -0.827. The molecule has 0 fully saturated rings. The van der Waals surface area contributed by atoms with Crippen LogP contribution in [0.3, 0.4) is 0 Å². The Morgan fingerprint density at radius 2 is 1.95 bits per heavy atom. The lowest BCUT2D eigenvalue weighted by Crippen LogP contribution is -2.13. The highest BCUT2D eigenvalue weighted by Crippen LogP contribution is 2.18. The molecule has 2 aromatic rings. The zero-order chi connectivity index (χ0) is 14.5. The lowest BCUT2D eigenvalue weighted by atomic mass is 10.2. The quantitative estimate of drug-likeness (QED) is 0.676. The van der Waals surface area contributed by atoms with Gasteiger partial charge in [0.15, 0.2) is 0 Å². The Labute approximate surface area is 120 Å². The van der Waals surface area contributed by atoms with Crippen molar-refractivity contribution in [3.63, 3.8) is 0 Å². The van der Waals surface area contributed by atoms with Crippen molar-refractivity contribution in [2.45, 2.75) is 13.1 Å². The molecular formula is C14H12ClFN2O2. The minimum absolute atomic E-state index is 0.403. The smallest absolute Gasteiger partial charge is 0.304 e. The molecule has 1 N–H and O–H groups in total. The fraction of sp³-hybridized carbons (Fsp3) is 0.143. The van der Waals surface area contributed by atoms with Gasteiger partial charge >= 0.3 is 5.69 Å². The number of nitro groups is 1. The number of nitrogens with one attached hydrogen (secondary N) is 1. The minimum Gasteiger partial charge on any atom is -0.309 e. The van der Waals surface area contributed by atoms with Crippen molar-refractivity contribution in [2.24, 2.45) is 0 Å². The third-order valence-electron chi connectivity index (χ3n) is 2.81. The van der Waals surface area contributed by atoms with Crippen LogP contribution >= 0.6 is 11.6 Å². The molecule has 0 aliphatic rings. The summed E-state index contributed by atoms with van der Waals surface area (Å²) in [5, 5.41) is 14.3. The van der Waals surface area contributed by atoms with Crippen LogP contribution in [0.4, 0.5) is 10.1 Å². The highest BCUT2D eigenvalue weighted by atomic mass is 35.5. The van der Waals surface area contributed by atoms with Gasteiger partial charge in [0.25, 0.3) is 0 Å². The summed E-state index contributed by atoms with van der Waals surface area (Å²) in [4.78, 5) is 9.77. The Hall–Kier alpha value is -1.98. The number of nitro benzene ring substituents is 1. The third kappa shape index (κ3) is 3.53. The first kappa shape index (κ1) is 14.4. The first-order valence-corrected chi connectivity index (χ1v) is 6.32. The number of halogens is 2. The van der Waals surface area contributed by atoms with Crippen molar-refractivity contribution in [3.8, 4) is 0 Å². The molecule has 0 aliphatic carbocycles. The van der Waals surface area contributed by atoms with E-state index in [1.165, 1.54) is 12.1 Å². The molecule has 0 atom stereocenters. The largest absolute Gasteiger partial charge is 0.309 e. The van der Waals surface area contributed by atoms with E-state index in [0.29, 0.717) is 23.7 Å². The Morgan fingerprint density at radius 3 is 2.60 bits per heavy atom. The number of hydrogen-bond donors (Lipinski definition) is 1. The molecule has 2 aromatic carbocycles. The number of hydrogen-bond acceptors (Lipinski definition) is 3. The fourth-order valence-electron chi connectivity index (χ4n) is 1.79. The van der Waals surface area contributed by atoms with Gasteiger partial charge in [-0.25, -0.2) is 0 Å². The van der Waals surface area contributed by atoms with Crippen LogP contribution in [0, 0.1) is 15.9 Å². The maximum atomic E-state index is 13.4. The number of rotatable bonds is 5. The highest BCUT2D eigenvalue weighted by Gasteiger charge is 2.13. The van der Waals surface area contributed by atoms with Crippen LogP contribution in [0.2, 0.25) is 5.02 Å². The van der Waals surface area contributed by atoms with Crippen molar-refractivity contribution in [1.29, 1.82) is 0 Å². The van der Waals surface area contributed by atoms with Gasteiger partial charge in [-0.1, -0.05) is 35.9 Å². The zero-order valence-electron chi connectivity index (χ0n) is 10.5. The van der Waals surface area contributed by atoms with Crippen LogP contribution in [0.15, 0.2) is 42.5 Å². The molecule has 0 unspecified atom stereocenters. The van der Waals surface area contributed by atoms with Gasteiger partial charge in [-0.3, -0.25) is 10.1 Å². The second kappa shape index (κ2) is 6.45. The lowest BCUT2D eigenvalue weighted by Gasteiger charge is -2.07. The monoisotopic (exact) mass is 294 g/mol. The molecule has 0 radical (unpaired) electrons. The second-order valence-corrected chi connectivity index (χ2v) is 4.65. The first-order chi connectivity index (χ1) is 9.58. The van der Waals surface area contributed by atoms with Crippen molar-refractivity contribution < 1.29 is 9.31 Å². The van der Waals surface area contributed by atoms with E-state index in [0.717, 1.165) is 11.6 Å². The Bertz CT molecular complexity index is 634. The molecular weight excluding hydrogens is 283 g/mol. The maximum Gasteiger partial charge on any atom is 0.304 e. The van der Waals surface area contributed by atoms with Crippen molar-refractivity contribution in [1.82, 2.24) is 5.32 Å². The summed E-state index contributed by atoms with van der Waals surface area (Å²) in [5.41, 5.74) is 1.07. The molecule has 4 nitrogen and oxygen atoms in total. The van der Waals surface area contributed by atoms with E-state index in [2.05, 4.69) is 5.32 Å². The third-order valence-corrected chi connectivity index (χ3v) is 3.18. The predicted molar refractivity (Wildman–Crippen MR) is 75.1 cm³/mol. The second-order valence-electron chi connectivity index (χ2n) is 4.24. The summed E-state index contributed by atoms with van der Waals surface area (Å²) in [7, 11) is 0. The summed E-state index contributed by atoms with van der Waals surface area (Å²) < 4.78 is 13.4. The SMILES string of the molecule is O=[N+]([O-])c1ccc(CNCc2ccccc2Cl)cc1F. The molecule has 0 saturated heterocycles. The normalized spacial score (nSPS) is 10.5. The molecule has 0 bridgehead atoms. The van der Waals surface area contributed by atoms with Crippen LogP contribution in [-0.4, -0.2) is 4.92 Å². The molecule has 20 heavy (non-hydrogen) atoms. The van der Waals surface area contributed by atoms with E-state index in [4.69, 9.17) is 11.6 Å². The van der Waals surface area contributed by atoms with E-state index in [-0.39, 0.29) is 0 Å². The topological polar surface area (TPSA) is 55.2 Å². The zero-order valence-corrected chi connectivity index (χ0v) is 11.2. The summed E-state index contributed by atoms with van der Waals surface area (Å²) in [6, 6.07) is 11.3. The van der Waals surface area contributed by atoms with E-state index >= 15 is 0 Å². The summed E-state index contributed by atoms with van der Waals surface area (Å²) >= 11 is 6.01. The molecule has 104 valence electrons. The van der Waals surface area contributed by atoms with Crippen LogP contribution in [0.1, 0.15) is 11.1 Å². The maximum absolute atomic E-state index is 13.4. The predicted octanol–water partition coefficient (Wildman–Crippen LogP) is 3.68. The summed E-state index contributed by atoms with van der Waals surface area (Å²) in [6.45, 7) is 0.943. The molecule has 0 spiro atoms. The average molecular weight is 295 g/mol. The van der Waals surface area contributed by atoms with Crippen LogP contribution in [-0.2, 0) is 13.1 Å². The van der Waals surface area contributed by atoms with Crippen molar-refractivity contribution in [2.75, 3.05) is 0 Å². The van der Waals surface area contributed by atoms with Crippen LogP contribution < -0.4 is 5.32 Å². The lowest BCUT2D eigenvalue weighted by molar-refractivity contribution is -0.387. The molecule has 0 amide bonds. The van der Waals surface area contributed by atoms with Gasteiger partial charge in [0.1, 0.15) is 0 Å². The Morgan fingerprint density at radius 1 is 1.20 bits per heavy atom. The molecule has 2 rings (SSSR count). The van der Waals surface area contributed by atoms with Crippen LogP contribution in [0.5, 0.6) is 0 Å². The summed E-state index contributed by atoms with van der Waals surface area (Å²) in [5.74, 6) is -0.827. The Balaban J connectivity index is 1.97. The van der Waals surface area contributed by atoms with E-state index in [1.807, 2.05) is 18.2 Å². The number of nitrogens with zero attached hydrogens (tertiary/aromatic N) is 1. The molecule has 0 heterocycles. The fourth-order valence-corrected chi connectivity index (χ4v) is 1.99. The molecule has 6 heteroatoms. The Kier molecular flexibility index (Phi) is 4.65. The molecule has 0 aliphatic heterocycles. The summed E-state index contributed by atoms with van der Waals surface area (Å²) in [6.07, 6.45) is 0.